The highest BCUT2D eigenvalue weighted by Gasteiger charge is 2.34. The molecule has 0 saturated carbocycles. The van der Waals surface area contributed by atoms with Crippen LogP contribution in [0.4, 0.5) is 5.69 Å². The summed E-state index contributed by atoms with van der Waals surface area (Å²) >= 11 is 0. The minimum absolute atomic E-state index is 0.0526. The van der Waals surface area contributed by atoms with Gasteiger partial charge in [0.1, 0.15) is 12.6 Å². The van der Waals surface area contributed by atoms with Crippen molar-refractivity contribution in [1.29, 1.82) is 0 Å². The smallest absolute Gasteiger partial charge is 0.264 e. The van der Waals surface area contributed by atoms with Crippen LogP contribution in [0.2, 0.25) is 0 Å². The van der Waals surface area contributed by atoms with E-state index < -0.39 is 28.5 Å². The molecule has 3 aromatic rings. The average molecular weight is 564 g/mol. The molecule has 2 atom stereocenters. The topological polar surface area (TPSA) is 86.8 Å². The maximum atomic E-state index is 14.1. The number of aryl methyl sites for hydroxylation is 3. The van der Waals surface area contributed by atoms with Crippen molar-refractivity contribution in [2.75, 3.05) is 10.8 Å². The lowest BCUT2D eigenvalue weighted by atomic mass is 10.1. The zero-order valence-corrected chi connectivity index (χ0v) is 25.2. The van der Waals surface area contributed by atoms with E-state index in [2.05, 4.69) is 5.32 Å². The number of anilines is 1. The summed E-state index contributed by atoms with van der Waals surface area (Å²) in [6.45, 7) is 11.2. The average Bonchev–Trinajstić information content (AvgIpc) is 2.91. The number of sulfonamides is 1. The Morgan fingerprint density at radius 1 is 0.825 bits per heavy atom. The molecule has 0 radical (unpaired) electrons. The molecule has 0 aromatic heterocycles. The van der Waals surface area contributed by atoms with E-state index in [1.54, 1.807) is 42.5 Å². The van der Waals surface area contributed by atoms with Crippen molar-refractivity contribution in [3.05, 3.63) is 95.1 Å². The van der Waals surface area contributed by atoms with Crippen molar-refractivity contribution >= 4 is 27.5 Å². The minimum Gasteiger partial charge on any atom is -0.352 e. The Balaban J connectivity index is 2.06. The molecule has 3 aromatic carbocycles. The second-order valence-corrected chi connectivity index (χ2v) is 12.3. The molecule has 7 nitrogen and oxygen atoms in total. The Hall–Kier alpha value is -3.65. The van der Waals surface area contributed by atoms with Gasteiger partial charge in [0.25, 0.3) is 10.0 Å². The lowest BCUT2D eigenvalue weighted by molar-refractivity contribution is -0.140. The lowest BCUT2D eigenvalue weighted by Gasteiger charge is -2.34. The van der Waals surface area contributed by atoms with Gasteiger partial charge in [0.15, 0.2) is 0 Å². The highest BCUT2D eigenvalue weighted by atomic mass is 32.2. The molecular formula is C32H41N3O4S. The van der Waals surface area contributed by atoms with Crippen molar-refractivity contribution in [2.45, 2.75) is 77.9 Å². The van der Waals surface area contributed by atoms with Crippen molar-refractivity contribution in [3.8, 4) is 0 Å². The Labute approximate surface area is 239 Å². The Kier molecular flexibility index (Phi) is 10.5. The monoisotopic (exact) mass is 563 g/mol. The number of nitrogens with one attached hydrogen (secondary N) is 1. The van der Waals surface area contributed by atoms with E-state index in [-0.39, 0.29) is 23.4 Å². The third-order valence-electron chi connectivity index (χ3n) is 7.00. The van der Waals surface area contributed by atoms with E-state index >= 15 is 0 Å². The predicted octanol–water partition coefficient (Wildman–Crippen LogP) is 5.53. The Morgan fingerprint density at radius 3 is 2.02 bits per heavy atom. The first kappa shape index (κ1) is 30.9. The third-order valence-corrected chi connectivity index (χ3v) is 8.79. The summed E-state index contributed by atoms with van der Waals surface area (Å²) in [6, 6.07) is 20.6. The molecule has 0 bridgehead atoms. The summed E-state index contributed by atoms with van der Waals surface area (Å²) in [6.07, 6.45) is 1.14. The number of amides is 2. The summed E-state index contributed by atoms with van der Waals surface area (Å²) in [5, 5.41) is 3.00. The van der Waals surface area contributed by atoms with Crippen LogP contribution in [0.5, 0.6) is 0 Å². The molecule has 8 heteroatoms. The molecule has 0 aliphatic rings. The summed E-state index contributed by atoms with van der Waals surface area (Å²) in [4.78, 5) is 29.1. The molecule has 0 heterocycles. The van der Waals surface area contributed by atoms with Crippen LogP contribution in [0.3, 0.4) is 0 Å². The number of rotatable bonds is 12. The maximum absolute atomic E-state index is 14.1. The second-order valence-electron chi connectivity index (χ2n) is 10.4. The fourth-order valence-electron chi connectivity index (χ4n) is 4.52. The molecule has 0 saturated heterocycles. The standard InChI is InChI=1S/C32H41N3O4S/c1-7-26(6)33-32(37)30(8-2)34(21-27-13-9-11-24(4)19-27)31(36)22-35(28-14-10-12-25(5)20-28)40(38,39)29-17-15-23(3)16-18-29/h9-20,26,30H,7-8,21-22H2,1-6H3,(H,33,37). The van der Waals surface area contributed by atoms with Gasteiger partial charge in [-0.2, -0.15) is 0 Å². The van der Waals surface area contributed by atoms with Gasteiger partial charge in [-0.1, -0.05) is 73.5 Å². The quantitative estimate of drug-likeness (QED) is 0.314. The molecule has 1 N–H and O–H groups in total. The van der Waals surface area contributed by atoms with Gasteiger partial charge in [0.2, 0.25) is 11.8 Å². The molecule has 0 fully saturated rings. The summed E-state index contributed by atoms with van der Waals surface area (Å²) in [5.74, 6) is -0.703. The van der Waals surface area contributed by atoms with Crippen molar-refractivity contribution in [1.82, 2.24) is 10.2 Å². The predicted molar refractivity (Wildman–Crippen MR) is 161 cm³/mol. The second kappa shape index (κ2) is 13.6. The van der Waals surface area contributed by atoms with Gasteiger partial charge in [-0.15, -0.1) is 0 Å². The van der Waals surface area contributed by atoms with Crippen LogP contribution in [0.15, 0.2) is 77.7 Å². The molecule has 0 aliphatic heterocycles. The number of hydrogen-bond acceptors (Lipinski definition) is 4. The first-order valence-corrected chi connectivity index (χ1v) is 15.2. The summed E-state index contributed by atoms with van der Waals surface area (Å²) < 4.78 is 29.0. The van der Waals surface area contributed by atoms with Crippen molar-refractivity contribution in [2.24, 2.45) is 0 Å². The van der Waals surface area contributed by atoms with Crippen LogP contribution >= 0.6 is 0 Å². The van der Waals surface area contributed by atoms with Gasteiger partial charge < -0.3 is 10.2 Å². The first-order chi connectivity index (χ1) is 19.0. The molecule has 3 rings (SSSR count). The third kappa shape index (κ3) is 7.72. The van der Waals surface area contributed by atoms with Gasteiger partial charge in [-0.3, -0.25) is 13.9 Å². The molecular weight excluding hydrogens is 522 g/mol. The van der Waals surface area contributed by atoms with Crippen LogP contribution < -0.4 is 9.62 Å². The van der Waals surface area contributed by atoms with Gasteiger partial charge in [-0.05, 0) is 75.9 Å². The summed E-state index contributed by atoms with van der Waals surface area (Å²) in [5.41, 5.74) is 4.09. The SMILES string of the molecule is CCC(C)NC(=O)C(CC)N(Cc1cccc(C)c1)C(=O)CN(c1cccc(C)c1)S(=O)(=O)c1ccc(C)cc1. The molecule has 2 amide bonds. The molecule has 40 heavy (non-hydrogen) atoms. The summed E-state index contributed by atoms with van der Waals surface area (Å²) in [7, 11) is -4.09. The van der Waals surface area contributed by atoms with E-state index in [1.807, 2.05) is 71.9 Å². The number of benzene rings is 3. The van der Waals surface area contributed by atoms with E-state index in [0.29, 0.717) is 12.1 Å². The Morgan fingerprint density at radius 2 is 1.45 bits per heavy atom. The number of carbonyl (C=O) groups excluding carboxylic acids is 2. The molecule has 0 aliphatic carbocycles. The highest BCUT2D eigenvalue weighted by Crippen LogP contribution is 2.26. The van der Waals surface area contributed by atoms with Gasteiger partial charge in [0.05, 0.1) is 10.6 Å². The minimum atomic E-state index is -4.09. The van der Waals surface area contributed by atoms with Crippen LogP contribution in [0, 0.1) is 20.8 Å². The fraction of sp³-hybridized carbons (Fsp3) is 0.375. The number of carbonyl (C=O) groups is 2. The number of nitrogens with zero attached hydrogens (tertiary/aromatic N) is 2. The van der Waals surface area contributed by atoms with E-state index in [9.17, 15) is 18.0 Å². The number of hydrogen-bond donors (Lipinski definition) is 1. The van der Waals surface area contributed by atoms with Crippen LogP contribution in [0.1, 0.15) is 55.9 Å². The van der Waals surface area contributed by atoms with Crippen LogP contribution in [-0.2, 0) is 26.2 Å². The van der Waals surface area contributed by atoms with Gasteiger partial charge in [0, 0.05) is 12.6 Å². The first-order valence-electron chi connectivity index (χ1n) is 13.8. The van der Waals surface area contributed by atoms with Gasteiger partial charge in [-0.25, -0.2) is 8.42 Å². The molecule has 0 spiro atoms. The van der Waals surface area contributed by atoms with Crippen molar-refractivity contribution in [3.63, 3.8) is 0 Å². The molecule has 214 valence electrons. The van der Waals surface area contributed by atoms with Crippen LogP contribution in [-0.4, -0.2) is 43.8 Å². The zero-order chi connectivity index (χ0) is 29.4. The highest BCUT2D eigenvalue weighted by molar-refractivity contribution is 7.92. The zero-order valence-electron chi connectivity index (χ0n) is 24.3. The van der Waals surface area contributed by atoms with Crippen LogP contribution in [0.25, 0.3) is 0 Å². The largest absolute Gasteiger partial charge is 0.352 e. The lowest BCUT2D eigenvalue weighted by Crippen LogP contribution is -2.53. The van der Waals surface area contributed by atoms with E-state index in [0.717, 1.165) is 33.0 Å². The van der Waals surface area contributed by atoms with E-state index in [4.69, 9.17) is 0 Å². The van der Waals surface area contributed by atoms with Gasteiger partial charge >= 0.3 is 0 Å². The maximum Gasteiger partial charge on any atom is 0.264 e. The fourth-order valence-corrected chi connectivity index (χ4v) is 5.92. The normalized spacial score (nSPS) is 12.8. The van der Waals surface area contributed by atoms with E-state index in [1.165, 1.54) is 4.90 Å². The Bertz CT molecular complexity index is 1420. The van der Waals surface area contributed by atoms with Crippen molar-refractivity contribution < 1.29 is 18.0 Å². The molecule has 2 unspecified atom stereocenters.